The molecule has 0 bridgehead atoms. The number of fused-ring (bicyclic) bond motifs is 3. The number of nitrogens with zero attached hydrogens (tertiary/aromatic N) is 2. The van der Waals surface area contributed by atoms with Crippen LogP contribution in [0.5, 0.6) is 11.5 Å². The maximum Gasteiger partial charge on any atom is 0.408 e. The SMILES string of the molecule is CCCP(=O)(O)[C@@]12C[C@H]1CCCCCCC[C@H](NC(=O)OC1CCCC1)C(=O)N1C[C@H](Oc3cc(-c4ccccc4)nc4cc(OC)ccc34)C[C@H]1C(=O)N2. The van der Waals surface area contributed by atoms with Crippen molar-refractivity contribution in [1.82, 2.24) is 20.5 Å². The van der Waals surface area contributed by atoms with E-state index in [1.807, 2.05) is 61.5 Å². The van der Waals surface area contributed by atoms with Gasteiger partial charge in [-0.1, -0.05) is 69.4 Å². The van der Waals surface area contributed by atoms with Gasteiger partial charge in [-0.25, -0.2) is 9.78 Å². The predicted octanol–water partition coefficient (Wildman–Crippen LogP) is 7.55. The van der Waals surface area contributed by atoms with E-state index in [0.717, 1.165) is 75.2 Å². The molecule has 13 heteroatoms. The molecule has 2 saturated carbocycles. The second-order valence-corrected chi connectivity index (χ2v) is 18.5. The monoisotopic (exact) mass is 774 g/mol. The molecular formula is C42H55N4O8P. The molecular weight excluding hydrogens is 719 g/mol. The van der Waals surface area contributed by atoms with Crippen LogP contribution in [0.1, 0.15) is 96.8 Å². The summed E-state index contributed by atoms with van der Waals surface area (Å²) in [4.78, 5) is 60.2. The van der Waals surface area contributed by atoms with Crippen molar-refractivity contribution in [3.05, 3.63) is 54.6 Å². The lowest BCUT2D eigenvalue weighted by Crippen LogP contribution is -2.55. The third kappa shape index (κ3) is 8.65. The summed E-state index contributed by atoms with van der Waals surface area (Å²) in [5, 5.41) is 5.49. The molecule has 2 aliphatic heterocycles. The van der Waals surface area contributed by atoms with Crippen molar-refractivity contribution >= 4 is 36.2 Å². The van der Waals surface area contributed by atoms with Crippen LogP contribution in [0, 0.1) is 5.92 Å². The average molecular weight is 775 g/mol. The summed E-state index contributed by atoms with van der Waals surface area (Å²) in [5.41, 5.74) is 2.26. The van der Waals surface area contributed by atoms with Crippen LogP contribution in [0.3, 0.4) is 0 Å². The summed E-state index contributed by atoms with van der Waals surface area (Å²) in [6.45, 7) is 1.95. The van der Waals surface area contributed by atoms with Crippen LogP contribution < -0.4 is 20.1 Å². The largest absolute Gasteiger partial charge is 0.497 e. The van der Waals surface area contributed by atoms with E-state index < -0.39 is 42.8 Å². The molecule has 1 unspecified atom stereocenters. The minimum Gasteiger partial charge on any atom is -0.497 e. The summed E-state index contributed by atoms with van der Waals surface area (Å²) in [6.07, 6.45) is 8.99. The quantitative estimate of drug-likeness (QED) is 0.187. The smallest absolute Gasteiger partial charge is 0.408 e. The van der Waals surface area contributed by atoms with Crippen LogP contribution in [-0.2, 0) is 18.9 Å². The molecule has 296 valence electrons. The van der Waals surface area contributed by atoms with Crippen LogP contribution in [0.25, 0.3) is 22.2 Å². The van der Waals surface area contributed by atoms with Gasteiger partial charge in [0, 0.05) is 35.7 Å². The lowest BCUT2D eigenvalue weighted by atomic mass is 10.0. The Kier molecular flexibility index (Phi) is 12.0. The third-order valence-electron chi connectivity index (χ3n) is 12.0. The highest BCUT2D eigenvalue weighted by molar-refractivity contribution is 7.60. The van der Waals surface area contributed by atoms with Crippen LogP contribution in [0.2, 0.25) is 0 Å². The van der Waals surface area contributed by atoms with Gasteiger partial charge in [-0.05, 0) is 69.4 Å². The maximum atomic E-state index is 14.7. The Bertz CT molecular complexity index is 1900. The van der Waals surface area contributed by atoms with E-state index in [9.17, 15) is 23.8 Å². The van der Waals surface area contributed by atoms with Crippen LogP contribution in [-0.4, -0.2) is 82.1 Å². The highest BCUT2D eigenvalue weighted by Crippen LogP contribution is 2.70. The second kappa shape index (κ2) is 16.9. The molecule has 2 saturated heterocycles. The number of methoxy groups -OCH3 is 1. The number of nitrogens with one attached hydrogen (secondary N) is 2. The van der Waals surface area contributed by atoms with E-state index in [2.05, 4.69) is 10.6 Å². The summed E-state index contributed by atoms with van der Waals surface area (Å²) in [5.74, 6) is 0.234. The van der Waals surface area contributed by atoms with Gasteiger partial charge in [0.2, 0.25) is 19.2 Å². The number of carbonyl (C=O) groups is 3. The second-order valence-electron chi connectivity index (χ2n) is 15.8. The summed E-state index contributed by atoms with van der Waals surface area (Å²) in [6, 6.07) is 15.3. The molecule has 55 heavy (non-hydrogen) atoms. The van der Waals surface area contributed by atoms with Crippen molar-refractivity contribution in [3.63, 3.8) is 0 Å². The van der Waals surface area contributed by atoms with Gasteiger partial charge in [0.15, 0.2) is 0 Å². The number of hydrogen-bond acceptors (Lipinski definition) is 8. The number of alkyl carbamates (subject to hydrolysis) is 1. The van der Waals surface area contributed by atoms with Crippen molar-refractivity contribution in [1.29, 1.82) is 0 Å². The molecule has 4 aliphatic rings. The Labute approximate surface area is 323 Å². The van der Waals surface area contributed by atoms with Gasteiger partial charge in [0.1, 0.15) is 41.1 Å². The zero-order chi connectivity index (χ0) is 38.6. The maximum absolute atomic E-state index is 14.7. The number of aromatic nitrogens is 1. The topological polar surface area (TPSA) is 156 Å². The van der Waals surface area contributed by atoms with Crippen molar-refractivity contribution in [2.75, 3.05) is 19.8 Å². The number of amides is 3. The molecule has 12 nitrogen and oxygen atoms in total. The van der Waals surface area contributed by atoms with Gasteiger partial charge in [-0.3, -0.25) is 14.2 Å². The molecule has 2 aliphatic carbocycles. The molecule has 7 rings (SSSR count). The number of rotatable bonds is 9. The Morgan fingerprint density at radius 3 is 2.45 bits per heavy atom. The number of pyridine rings is 1. The molecule has 3 amide bonds. The van der Waals surface area contributed by atoms with E-state index in [1.54, 1.807) is 7.11 Å². The zero-order valence-electron chi connectivity index (χ0n) is 32.0. The van der Waals surface area contributed by atoms with Crippen LogP contribution in [0.15, 0.2) is 54.6 Å². The number of ether oxygens (including phenoxy) is 3. The van der Waals surface area contributed by atoms with Crippen LogP contribution in [0.4, 0.5) is 4.79 Å². The zero-order valence-corrected chi connectivity index (χ0v) is 32.9. The van der Waals surface area contributed by atoms with Gasteiger partial charge in [-0.15, -0.1) is 0 Å². The Morgan fingerprint density at radius 1 is 0.982 bits per heavy atom. The third-order valence-corrected chi connectivity index (χ3v) is 14.9. The molecule has 6 atom stereocenters. The fourth-order valence-corrected chi connectivity index (χ4v) is 11.4. The molecule has 4 fully saturated rings. The summed E-state index contributed by atoms with van der Waals surface area (Å²) >= 11 is 0. The van der Waals surface area contributed by atoms with Crippen LogP contribution >= 0.6 is 7.37 Å². The summed E-state index contributed by atoms with van der Waals surface area (Å²) in [7, 11) is -2.17. The Balaban J connectivity index is 1.21. The predicted molar refractivity (Wildman–Crippen MR) is 210 cm³/mol. The van der Waals surface area contributed by atoms with E-state index in [4.69, 9.17) is 19.2 Å². The molecule has 1 aromatic heterocycles. The number of hydrogen-bond donors (Lipinski definition) is 3. The van der Waals surface area contributed by atoms with Crippen molar-refractivity contribution < 1.29 is 38.1 Å². The fraction of sp³-hybridized carbons (Fsp3) is 0.571. The highest BCUT2D eigenvalue weighted by atomic mass is 31.2. The first-order valence-corrected chi connectivity index (χ1v) is 22.1. The normalized spacial score (nSPS) is 27.5. The fourth-order valence-electron chi connectivity index (χ4n) is 8.90. The standard InChI is InChI=1S/C42H55N4O8P/c1-3-22-55(50,51)42-26-29(42)16-10-5-4-6-11-19-34(44-41(49)54-30-17-12-13-18-30)40(48)46-27-32(24-37(46)39(47)45-42)53-38-25-35(28-14-8-7-9-15-28)43-36-23-31(52-2)20-21-33(36)38/h7-9,14-15,20-21,23,25,29-30,32,34,37H,3-6,10-13,16-19,22,24,26-27H2,1-2H3,(H,44,49)(H,45,47)(H,50,51)/t29-,32-,34+,37+,42+/m1/s1. The Hall–Kier alpha value is -4.15. The summed E-state index contributed by atoms with van der Waals surface area (Å²) < 4.78 is 31.9. The lowest BCUT2D eigenvalue weighted by Gasteiger charge is -2.31. The first kappa shape index (κ1) is 39.1. The minimum absolute atomic E-state index is 0.0790. The van der Waals surface area contributed by atoms with E-state index in [0.29, 0.717) is 42.0 Å². The number of benzene rings is 2. The first-order valence-electron chi connectivity index (χ1n) is 20.2. The van der Waals surface area contributed by atoms with Gasteiger partial charge in [-0.2, -0.15) is 0 Å². The number of carbonyl (C=O) groups excluding carboxylic acids is 3. The van der Waals surface area contributed by atoms with Gasteiger partial charge >= 0.3 is 6.09 Å². The molecule has 3 N–H and O–H groups in total. The van der Waals surface area contributed by atoms with Crippen molar-refractivity contribution in [3.8, 4) is 22.8 Å². The van der Waals surface area contributed by atoms with Gasteiger partial charge in [0.25, 0.3) is 0 Å². The van der Waals surface area contributed by atoms with E-state index in [1.165, 1.54) is 4.90 Å². The molecule has 0 radical (unpaired) electrons. The van der Waals surface area contributed by atoms with Crippen molar-refractivity contribution in [2.24, 2.45) is 5.92 Å². The Morgan fingerprint density at radius 2 is 1.71 bits per heavy atom. The lowest BCUT2D eigenvalue weighted by molar-refractivity contribution is -0.140. The van der Waals surface area contributed by atoms with Gasteiger partial charge in [0.05, 0.1) is 24.9 Å². The molecule has 2 aromatic carbocycles. The molecule has 0 spiro atoms. The van der Waals surface area contributed by atoms with Gasteiger partial charge < -0.3 is 34.6 Å². The minimum atomic E-state index is -3.77. The highest BCUT2D eigenvalue weighted by Gasteiger charge is 2.66. The molecule has 3 aromatic rings. The van der Waals surface area contributed by atoms with E-state index >= 15 is 0 Å². The molecule has 3 heterocycles. The van der Waals surface area contributed by atoms with Crippen molar-refractivity contribution in [2.45, 2.75) is 126 Å². The van der Waals surface area contributed by atoms with E-state index in [-0.39, 0.29) is 37.1 Å². The first-order chi connectivity index (χ1) is 26.6. The average Bonchev–Trinajstić information content (AvgIpc) is 3.45.